The lowest BCUT2D eigenvalue weighted by Gasteiger charge is -2.37. The maximum Gasteiger partial charge on any atom is 0.189 e. The van der Waals surface area contributed by atoms with Gasteiger partial charge in [-0.15, -0.1) is 0 Å². The molecule has 7 heteroatoms. The first-order chi connectivity index (χ1) is 14.1. The summed E-state index contributed by atoms with van der Waals surface area (Å²) < 4.78 is 5.70. The number of benzene rings is 1. The third-order valence-electron chi connectivity index (χ3n) is 5.21. The van der Waals surface area contributed by atoms with E-state index >= 15 is 0 Å². The van der Waals surface area contributed by atoms with Crippen molar-refractivity contribution in [1.29, 1.82) is 0 Å². The minimum absolute atomic E-state index is 0.606. The van der Waals surface area contributed by atoms with Crippen molar-refractivity contribution in [2.45, 2.75) is 13.3 Å². The number of ether oxygens (including phenoxy) is 1. The molecule has 0 spiro atoms. The summed E-state index contributed by atoms with van der Waals surface area (Å²) in [5.74, 6) is 0.791. The number of hydrogen-bond acceptors (Lipinski definition) is 5. The van der Waals surface area contributed by atoms with Gasteiger partial charge in [-0.1, -0.05) is 24.8 Å². The number of piperazine rings is 1. The Morgan fingerprint density at radius 1 is 1.24 bits per heavy atom. The van der Waals surface area contributed by atoms with Gasteiger partial charge in [0.2, 0.25) is 0 Å². The van der Waals surface area contributed by atoms with E-state index in [9.17, 15) is 0 Å². The van der Waals surface area contributed by atoms with Crippen LogP contribution in [0.3, 0.4) is 0 Å². The molecule has 4 rings (SSSR count). The van der Waals surface area contributed by atoms with Gasteiger partial charge in [-0.2, -0.15) is 5.10 Å². The van der Waals surface area contributed by atoms with Gasteiger partial charge in [0.05, 0.1) is 12.3 Å². The van der Waals surface area contributed by atoms with Crippen molar-refractivity contribution in [3.8, 4) is 5.75 Å². The second-order valence-electron chi connectivity index (χ2n) is 7.20. The van der Waals surface area contributed by atoms with E-state index in [0.29, 0.717) is 18.1 Å². The van der Waals surface area contributed by atoms with Crippen molar-refractivity contribution in [2.75, 3.05) is 37.7 Å². The zero-order valence-corrected chi connectivity index (χ0v) is 17.4. The second kappa shape index (κ2) is 8.61. The van der Waals surface area contributed by atoms with Crippen molar-refractivity contribution < 1.29 is 4.74 Å². The molecule has 3 heterocycles. The minimum Gasteiger partial charge on any atom is -0.491 e. The number of anilines is 1. The molecule has 0 unspecified atom stereocenters. The maximum absolute atomic E-state index is 5.70. The number of nitrogens with one attached hydrogen (secondary N) is 1. The molecule has 2 aromatic rings. The van der Waals surface area contributed by atoms with E-state index in [-0.39, 0.29) is 0 Å². The summed E-state index contributed by atoms with van der Waals surface area (Å²) in [5, 5.41) is 5.20. The van der Waals surface area contributed by atoms with E-state index in [1.54, 1.807) is 0 Å². The lowest BCUT2D eigenvalue weighted by Crippen LogP contribution is -2.51. The minimum atomic E-state index is 0.606. The van der Waals surface area contributed by atoms with Crippen LogP contribution in [0.2, 0.25) is 0 Å². The Hall–Kier alpha value is -2.93. The first-order valence-corrected chi connectivity index (χ1v) is 10.2. The van der Waals surface area contributed by atoms with E-state index in [1.807, 2.05) is 25.3 Å². The summed E-state index contributed by atoms with van der Waals surface area (Å²) in [6, 6.07) is 10.5. The third-order valence-corrected chi connectivity index (χ3v) is 5.56. The van der Waals surface area contributed by atoms with Gasteiger partial charge in [-0.25, -0.2) is 0 Å². The second-order valence-corrected chi connectivity index (χ2v) is 7.59. The number of rotatable bonds is 3. The Bertz CT molecular complexity index is 933. The number of thiocarbonyl (C=S) groups is 1. The van der Waals surface area contributed by atoms with Gasteiger partial charge < -0.3 is 14.5 Å². The fraction of sp³-hybridized carbons (Fsp3) is 0.318. The SMILES string of the molecule is C=Cc1ccc(N2CCN(C(=S)N/N=C3/CCOc4cc(C)cnc43)CC2)cc1. The zero-order valence-electron chi connectivity index (χ0n) is 16.6. The zero-order chi connectivity index (χ0) is 20.2. The van der Waals surface area contributed by atoms with Crippen molar-refractivity contribution in [3.05, 3.63) is 59.9 Å². The predicted octanol–water partition coefficient (Wildman–Crippen LogP) is 3.22. The molecule has 0 bridgehead atoms. The molecule has 1 fully saturated rings. The van der Waals surface area contributed by atoms with Crippen LogP contribution < -0.4 is 15.1 Å². The quantitative estimate of drug-likeness (QED) is 0.623. The van der Waals surface area contributed by atoms with Crippen molar-refractivity contribution in [2.24, 2.45) is 5.10 Å². The Balaban J connectivity index is 1.35. The largest absolute Gasteiger partial charge is 0.491 e. The molecule has 29 heavy (non-hydrogen) atoms. The highest BCUT2D eigenvalue weighted by atomic mass is 32.1. The first-order valence-electron chi connectivity index (χ1n) is 9.83. The first kappa shape index (κ1) is 19.4. The molecule has 2 aliphatic heterocycles. The van der Waals surface area contributed by atoms with Gasteiger partial charge in [0.25, 0.3) is 0 Å². The number of pyridine rings is 1. The van der Waals surface area contributed by atoms with E-state index in [2.05, 4.69) is 56.2 Å². The average Bonchev–Trinajstić information content (AvgIpc) is 2.77. The van der Waals surface area contributed by atoms with Gasteiger partial charge in [0.15, 0.2) is 5.11 Å². The molecule has 2 aliphatic rings. The highest BCUT2D eigenvalue weighted by Crippen LogP contribution is 2.24. The standard InChI is InChI=1S/C22H25N5OS/c1-3-17-4-6-18(7-5-17)26-9-11-27(12-10-26)22(29)25-24-19-8-13-28-20-14-16(2)15-23-21(19)20/h3-7,14-15H,1,8-13H2,2H3,(H,25,29)/b24-19-. The van der Waals surface area contributed by atoms with Crippen LogP contribution in [0.15, 0.2) is 48.2 Å². The summed E-state index contributed by atoms with van der Waals surface area (Å²) in [4.78, 5) is 9.02. The Morgan fingerprint density at radius 3 is 2.72 bits per heavy atom. The molecule has 0 saturated carbocycles. The fourth-order valence-electron chi connectivity index (χ4n) is 3.53. The van der Waals surface area contributed by atoms with Crippen LogP contribution >= 0.6 is 12.2 Å². The van der Waals surface area contributed by atoms with E-state index in [4.69, 9.17) is 17.0 Å². The average molecular weight is 408 g/mol. The lowest BCUT2D eigenvalue weighted by atomic mass is 10.1. The number of hydrogen-bond donors (Lipinski definition) is 1. The van der Waals surface area contributed by atoms with Crippen LogP contribution in [0.25, 0.3) is 6.08 Å². The van der Waals surface area contributed by atoms with Crippen LogP contribution in [0.1, 0.15) is 23.2 Å². The van der Waals surface area contributed by atoms with Gasteiger partial charge in [-0.3, -0.25) is 10.4 Å². The number of aryl methyl sites for hydroxylation is 1. The maximum atomic E-state index is 5.70. The molecular weight excluding hydrogens is 382 g/mol. The number of nitrogens with zero attached hydrogens (tertiary/aromatic N) is 4. The highest BCUT2D eigenvalue weighted by Gasteiger charge is 2.21. The number of fused-ring (bicyclic) bond motifs is 1. The van der Waals surface area contributed by atoms with E-state index in [0.717, 1.165) is 54.5 Å². The molecule has 1 N–H and O–H groups in total. The van der Waals surface area contributed by atoms with E-state index in [1.165, 1.54) is 5.69 Å². The van der Waals surface area contributed by atoms with Crippen LogP contribution in [-0.4, -0.2) is 53.5 Å². The van der Waals surface area contributed by atoms with Crippen molar-refractivity contribution in [3.63, 3.8) is 0 Å². The molecule has 1 saturated heterocycles. The van der Waals surface area contributed by atoms with Gasteiger partial charge in [-0.05, 0) is 48.5 Å². The molecular formula is C22H25N5OS. The van der Waals surface area contributed by atoms with Gasteiger partial charge in [0, 0.05) is 44.5 Å². The van der Waals surface area contributed by atoms with Gasteiger partial charge in [0.1, 0.15) is 11.4 Å². The summed E-state index contributed by atoms with van der Waals surface area (Å²) in [6.07, 6.45) is 4.41. The summed E-state index contributed by atoms with van der Waals surface area (Å²) in [6.45, 7) is 9.97. The predicted molar refractivity (Wildman–Crippen MR) is 122 cm³/mol. The van der Waals surface area contributed by atoms with E-state index < -0.39 is 0 Å². The fourth-order valence-corrected chi connectivity index (χ4v) is 3.76. The van der Waals surface area contributed by atoms with Crippen LogP contribution in [0, 0.1) is 6.92 Å². The molecule has 6 nitrogen and oxygen atoms in total. The monoisotopic (exact) mass is 407 g/mol. The van der Waals surface area contributed by atoms with Crippen LogP contribution in [-0.2, 0) is 0 Å². The molecule has 1 aromatic carbocycles. The summed E-state index contributed by atoms with van der Waals surface area (Å²) in [5.41, 5.74) is 8.19. The molecule has 0 atom stereocenters. The molecule has 0 amide bonds. The smallest absolute Gasteiger partial charge is 0.189 e. The molecule has 0 radical (unpaired) electrons. The van der Waals surface area contributed by atoms with Crippen LogP contribution in [0.4, 0.5) is 5.69 Å². The molecule has 0 aliphatic carbocycles. The third kappa shape index (κ3) is 4.40. The van der Waals surface area contributed by atoms with Crippen LogP contribution in [0.5, 0.6) is 5.75 Å². The number of hydrazone groups is 1. The Labute approximate surface area is 176 Å². The van der Waals surface area contributed by atoms with Crippen molar-refractivity contribution in [1.82, 2.24) is 15.3 Å². The lowest BCUT2D eigenvalue weighted by molar-refractivity contribution is 0.317. The van der Waals surface area contributed by atoms with Crippen molar-refractivity contribution >= 4 is 34.8 Å². The topological polar surface area (TPSA) is 53.0 Å². The summed E-state index contributed by atoms with van der Waals surface area (Å²) in [7, 11) is 0. The Kier molecular flexibility index (Phi) is 5.76. The molecule has 1 aromatic heterocycles. The number of aromatic nitrogens is 1. The summed E-state index contributed by atoms with van der Waals surface area (Å²) >= 11 is 5.58. The highest BCUT2D eigenvalue weighted by molar-refractivity contribution is 7.80. The molecule has 150 valence electrons. The Morgan fingerprint density at radius 2 is 2.00 bits per heavy atom. The van der Waals surface area contributed by atoms with Gasteiger partial charge >= 0.3 is 0 Å². The normalized spacial score (nSPS) is 17.5.